The molecule has 1 N–H and O–H groups in total. The monoisotopic (exact) mass is 263 g/mol. The van der Waals surface area contributed by atoms with Gasteiger partial charge in [0.05, 0.1) is 6.20 Å². The Labute approximate surface area is 117 Å². The molecule has 3 unspecified atom stereocenters. The van der Waals surface area contributed by atoms with Gasteiger partial charge in [-0.1, -0.05) is 26.7 Å². The number of hydrogen-bond donors (Lipinski definition) is 1. The quantitative estimate of drug-likeness (QED) is 0.818. The minimum Gasteiger partial charge on any atom is -0.314 e. The normalized spacial score (nSPS) is 24.8. The maximum absolute atomic E-state index is 4.39. The van der Waals surface area contributed by atoms with Gasteiger partial charge < -0.3 is 5.32 Å². The number of nitrogens with zero attached hydrogens (tertiary/aromatic N) is 2. The summed E-state index contributed by atoms with van der Waals surface area (Å²) in [6.45, 7) is 8.73. The van der Waals surface area contributed by atoms with E-state index < -0.39 is 0 Å². The molecule has 1 aliphatic rings. The highest BCUT2D eigenvalue weighted by Crippen LogP contribution is 2.35. The molecule has 19 heavy (non-hydrogen) atoms. The molecular weight excluding hydrogens is 234 g/mol. The van der Waals surface area contributed by atoms with Gasteiger partial charge >= 0.3 is 0 Å². The van der Waals surface area contributed by atoms with Crippen molar-refractivity contribution in [1.82, 2.24) is 15.1 Å². The summed E-state index contributed by atoms with van der Waals surface area (Å²) in [4.78, 5) is 0. The third-order valence-electron chi connectivity index (χ3n) is 4.66. The summed E-state index contributed by atoms with van der Waals surface area (Å²) in [5.41, 5.74) is 1.38. The zero-order chi connectivity index (χ0) is 13.7. The van der Waals surface area contributed by atoms with Gasteiger partial charge in [-0.3, -0.25) is 4.68 Å². The Morgan fingerprint density at radius 3 is 2.79 bits per heavy atom. The number of aryl methyl sites for hydroxylation is 1. The van der Waals surface area contributed by atoms with E-state index >= 15 is 0 Å². The standard InChI is InChI=1S/C16H29N3/c1-4-13-7-8-15(9-13)16(17-5-2)10-14-11-18-19(6-3)12-14/h11-13,15-17H,4-10H2,1-3H3. The van der Waals surface area contributed by atoms with Crippen LogP contribution in [0.1, 0.15) is 52.0 Å². The SMILES string of the molecule is CCNC(Cc1cnn(CC)c1)C1CCC(CC)C1. The van der Waals surface area contributed by atoms with Crippen LogP contribution in [0.2, 0.25) is 0 Å². The average Bonchev–Trinajstić information content (AvgIpc) is 3.06. The lowest BCUT2D eigenvalue weighted by atomic mass is 9.91. The number of rotatable bonds is 7. The molecule has 108 valence electrons. The number of likely N-dealkylation sites (N-methyl/N-ethyl adjacent to an activating group) is 1. The molecule has 3 heteroatoms. The molecule has 0 aromatic carbocycles. The summed E-state index contributed by atoms with van der Waals surface area (Å²) >= 11 is 0. The average molecular weight is 263 g/mol. The van der Waals surface area contributed by atoms with Gasteiger partial charge in [-0.05, 0) is 50.1 Å². The molecule has 1 heterocycles. The molecule has 2 rings (SSSR count). The molecule has 1 aliphatic carbocycles. The minimum absolute atomic E-state index is 0.635. The zero-order valence-electron chi connectivity index (χ0n) is 12.7. The van der Waals surface area contributed by atoms with E-state index in [1.165, 1.54) is 31.2 Å². The third-order valence-corrected chi connectivity index (χ3v) is 4.66. The lowest BCUT2D eigenvalue weighted by Crippen LogP contribution is -2.37. The second-order valence-corrected chi connectivity index (χ2v) is 5.92. The van der Waals surface area contributed by atoms with Gasteiger partial charge in [0.1, 0.15) is 0 Å². The molecule has 1 aromatic rings. The molecule has 0 bridgehead atoms. The first-order valence-corrected chi connectivity index (χ1v) is 8.01. The topological polar surface area (TPSA) is 29.9 Å². The molecule has 0 amide bonds. The van der Waals surface area contributed by atoms with Crippen LogP contribution in [0.25, 0.3) is 0 Å². The molecule has 0 saturated heterocycles. The van der Waals surface area contributed by atoms with E-state index in [2.05, 4.69) is 37.4 Å². The molecular formula is C16H29N3. The highest BCUT2D eigenvalue weighted by atomic mass is 15.3. The Bertz CT molecular complexity index is 372. The predicted octanol–water partition coefficient (Wildman–Crippen LogP) is 3.25. The summed E-state index contributed by atoms with van der Waals surface area (Å²) < 4.78 is 2.03. The van der Waals surface area contributed by atoms with Crippen LogP contribution < -0.4 is 5.32 Å². The van der Waals surface area contributed by atoms with Gasteiger partial charge in [0.25, 0.3) is 0 Å². The lowest BCUT2D eigenvalue weighted by molar-refractivity contribution is 0.349. The zero-order valence-corrected chi connectivity index (χ0v) is 12.7. The van der Waals surface area contributed by atoms with Gasteiger partial charge in [-0.25, -0.2) is 0 Å². The molecule has 1 aromatic heterocycles. The van der Waals surface area contributed by atoms with Crippen molar-refractivity contribution in [2.45, 2.75) is 65.5 Å². The van der Waals surface area contributed by atoms with Crippen LogP contribution in [0.15, 0.2) is 12.4 Å². The van der Waals surface area contributed by atoms with Gasteiger partial charge in [-0.2, -0.15) is 5.10 Å². The van der Waals surface area contributed by atoms with Gasteiger partial charge in [0, 0.05) is 18.8 Å². The van der Waals surface area contributed by atoms with Crippen molar-refractivity contribution in [1.29, 1.82) is 0 Å². The smallest absolute Gasteiger partial charge is 0.0522 e. The molecule has 3 nitrogen and oxygen atoms in total. The number of nitrogens with one attached hydrogen (secondary N) is 1. The summed E-state index contributed by atoms with van der Waals surface area (Å²) in [6.07, 6.45) is 11.0. The highest BCUT2D eigenvalue weighted by molar-refractivity contribution is 5.07. The number of hydrogen-bond acceptors (Lipinski definition) is 2. The van der Waals surface area contributed by atoms with Crippen LogP contribution in [0.4, 0.5) is 0 Å². The fraction of sp³-hybridized carbons (Fsp3) is 0.812. The Balaban J connectivity index is 1.95. The van der Waals surface area contributed by atoms with E-state index in [1.54, 1.807) is 0 Å². The van der Waals surface area contributed by atoms with Crippen molar-refractivity contribution >= 4 is 0 Å². The summed E-state index contributed by atoms with van der Waals surface area (Å²) in [7, 11) is 0. The Hall–Kier alpha value is -0.830. The fourth-order valence-corrected chi connectivity index (χ4v) is 3.46. The summed E-state index contributed by atoms with van der Waals surface area (Å²) in [5.74, 6) is 1.82. The first-order chi connectivity index (χ1) is 9.26. The molecule has 0 aliphatic heterocycles. The van der Waals surface area contributed by atoms with Gasteiger partial charge in [0.2, 0.25) is 0 Å². The summed E-state index contributed by atoms with van der Waals surface area (Å²) in [5, 5.41) is 8.10. The van der Waals surface area contributed by atoms with E-state index in [9.17, 15) is 0 Å². The van der Waals surface area contributed by atoms with Crippen molar-refractivity contribution in [3.8, 4) is 0 Å². The maximum atomic E-state index is 4.39. The second-order valence-electron chi connectivity index (χ2n) is 5.92. The molecule has 0 radical (unpaired) electrons. The van der Waals surface area contributed by atoms with Gasteiger partial charge in [-0.15, -0.1) is 0 Å². The van der Waals surface area contributed by atoms with Crippen LogP contribution in [0.5, 0.6) is 0 Å². The summed E-state index contributed by atoms with van der Waals surface area (Å²) in [6, 6.07) is 0.635. The van der Waals surface area contributed by atoms with Gasteiger partial charge in [0.15, 0.2) is 0 Å². The van der Waals surface area contributed by atoms with Crippen LogP contribution in [-0.4, -0.2) is 22.4 Å². The Kier molecular flexibility index (Phi) is 5.44. The Morgan fingerprint density at radius 1 is 1.37 bits per heavy atom. The van der Waals surface area contributed by atoms with Crippen LogP contribution >= 0.6 is 0 Å². The van der Waals surface area contributed by atoms with Crippen LogP contribution in [-0.2, 0) is 13.0 Å². The van der Waals surface area contributed by atoms with E-state index in [1.807, 2.05) is 10.9 Å². The maximum Gasteiger partial charge on any atom is 0.0522 e. The molecule has 1 fully saturated rings. The fourth-order valence-electron chi connectivity index (χ4n) is 3.46. The van der Waals surface area contributed by atoms with E-state index in [-0.39, 0.29) is 0 Å². The van der Waals surface area contributed by atoms with Crippen molar-refractivity contribution < 1.29 is 0 Å². The van der Waals surface area contributed by atoms with E-state index in [0.29, 0.717) is 6.04 Å². The second kappa shape index (κ2) is 7.09. The molecule has 3 atom stereocenters. The third kappa shape index (κ3) is 3.82. The predicted molar refractivity (Wildman–Crippen MR) is 80.2 cm³/mol. The highest BCUT2D eigenvalue weighted by Gasteiger charge is 2.29. The molecule has 1 saturated carbocycles. The largest absolute Gasteiger partial charge is 0.314 e. The van der Waals surface area contributed by atoms with E-state index in [0.717, 1.165) is 31.3 Å². The lowest BCUT2D eigenvalue weighted by Gasteiger charge is -2.24. The van der Waals surface area contributed by atoms with Crippen molar-refractivity contribution in [2.24, 2.45) is 11.8 Å². The first-order valence-electron chi connectivity index (χ1n) is 8.01. The van der Waals surface area contributed by atoms with Crippen LogP contribution in [0.3, 0.4) is 0 Å². The Morgan fingerprint density at radius 2 is 2.21 bits per heavy atom. The first kappa shape index (κ1) is 14.6. The van der Waals surface area contributed by atoms with Crippen LogP contribution in [0, 0.1) is 11.8 Å². The van der Waals surface area contributed by atoms with Crippen molar-refractivity contribution in [3.05, 3.63) is 18.0 Å². The van der Waals surface area contributed by atoms with Crippen molar-refractivity contribution in [2.75, 3.05) is 6.54 Å². The minimum atomic E-state index is 0.635. The molecule has 0 spiro atoms. The van der Waals surface area contributed by atoms with E-state index in [4.69, 9.17) is 0 Å². The van der Waals surface area contributed by atoms with Crippen molar-refractivity contribution in [3.63, 3.8) is 0 Å². The number of aromatic nitrogens is 2.